The highest BCUT2D eigenvalue weighted by Gasteiger charge is 2.17. The van der Waals surface area contributed by atoms with E-state index in [1.54, 1.807) is 0 Å². The summed E-state index contributed by atoms with van der Waals surface area (Å²) in [4.78, 5) is 11.6. The van der Waals surface area contributed by atoms with Crippen LogP contribution in [0.4, 0.5) is 0 Å². The number of para-hydroxylation sites is 1. The third-order valence-electron chi connectivity index (χ3n) is 2.58. The molecule has 0 bridgehead atoms. The molecule has 1 rings (SSSR count). The molecule has 0 unspecified atom stereocenters. The average Bonchev–Trinajstić information content (AvgIpc) is 2.27. The summed E-state index contributed by atoms with van der Waals surface area (Å²) >= 11 is -0.866. The van der Waals surface area contributed by atoms with Crippen molar-refractivity contribution in [2.75, 3.05) is 0 Å². The summed E-state index contributed by atoms with van der Waals surface area (Å²) in [6.07, 6.45) is 0. The Balaban J connectivity index is 2.43. The second kappa shape index (κ2) is 6.66. The van der Waals surface area contributed by atoms with Gasteiger partial charge in [0.1, 0.15) is 5.75 Å². The molecule has 0 radical (unpaired) electrons. The Kier molecular flexibility index (Phi) is 5.46. The Hall–Kier alpha value is -0.778. The van der Waals surface area contributed by atoms with Gasteiger partial charge in [0, 0.05) is 5.28 Å². The molecule has 15 heavy (non-hydrogen) atoms. The maximum absolute atomic E-state index is 11.6. The van der Waals surface area contributed by atoms with E-state index in [2.05, 4.69) is 13.8 Å². The maximum atomic E-state index is 11.6. The average molecular weight is 220 g/mol. The van der Waals surface area contributed by atoms with E-state index in [1.807, 2.05) is 30.3 Å². The lowest BCUT2D eigenvalue weighted by Crippen LogP contribution is -2.18. The topological polar surface area (TPSA) is 26.3 Å². The fraction of sp³-hybridized carbons (Fsp3) is 0.417. The van der Waals surface area contributed by atoms with E-state index in [0.717, 1.165) is 0 Å². The van der Waals surface area contributed by atoms with Crippen LogP contribution in [0.15, 0.2) is 30.3 Å². The number of carbonyl (C=O) groups excluding carboxylic acids is 1. The molecule has 0 atom stereocenters. The number of hydrogen-bond donors (Lipinski definition) is 0. The number of hydrogen-bond acceptors (Lipinski definition) is 2. The summed E-state index contributed by atoms with van der Waals surface area (Å²) in [5.74, 6) is 0.587. The summed E-state index contributed by atoms with van der Waals surface area (Å²) < 4.78 is 5.24. The van der Waals surface area contributed by atoms with Crippen molar-refractivity contribution in [3.05, 3.63) is 30.3 Å². The quantitative estimate of drug-likeness (QED) is 0.433. The van der Waals surface area contributed by atoms with Gasteiger partial charge in [0.2, 0.25) is 0 Å². The van der Waals surface area contributed by atoms with Gasteiger partial charge in [-0.3, -0.25) is 4.79 Å². The van der Waals surface area contributed by atoms with Crippen molar-refractivity contribution in [1.82, 2.24) is 0 Å². The largest absolute Gasteiger partial charge is 0.427 e. The number of ether oxygens (including phenoxy) is 1. The van der Waals surface area contributed by atoms with Gasteiger partial charge in [0.15, 0.2) is 0 Å². The molecule has 0 N–H and O–H groups in total. The summed E-state index contributed by atoms with van der Waals surface area (Å²) in [5, 5.41) is 2.99. The van der Waals surface area contributed by atoms with Crippen molar-refractivity contribution in [1.29, 1.82) is 0 Å². The molecule has 0 aliphatic rings. The minimum absolute atomic E-state index is 0.0680. The smallest absolute Gasteiger partial charge is 0.297 e. The first-order valence-corrected chi connectivity index (χ1v) is 7.97. The van der Waals surface area contributed by atoms with Gasteiger partial charge in [-0.25, -0.2) is 0 Å². The van der Waals surface area contributed by atoms with Crippen molar-refractivity contribution in [3.8, 4) is 5.75 Å². The molecule has 0 spiro atoms. The Morgan fingerprint density at radius 3 is 2.33 bits per heavy atom. The van der Waals surface area contributed by atoms with Crippen LogP contribution in [0.25, 0.3) is 0 Å². The second-order valence-electron chi connectivity index (χ2n) is 3.67. The van der Waals surface area contributed by atoms with Gasteiger partial charge in [0.25, 0.3) is 20.1 Å². The van der Waals surface area contributed by atoms with Gasteiger partial charge in [-0.05, 0) is 12.1 Å². The third-order valence-corrected chi connectivity index (χ3v) is 5.81. The molecule has 2 nitrogen and oxygen atoms in total. The molecule has 0 amide bonds. The van der Waals surface area contributed by atoms with Crippen LogP contribution < -0.4 is 4.74 Å². The van der Waals surface area contributed by atoms with E-state index >= 15 is 0 Å². The number of esters is 1. The zero-order chi connectivity index (χ0) is 11.1. The van der Waals surface area contributed by atoms with E-state index in [4.69, 9.17) is 4.74 Å². The molecular formula is C12H17AlO2. The minimum atomic E-state index is -0.866. The van der Waals surface area contributed by atoms with Crippen molar-refractivity contribution in [3.63, 3.8) is 0 Å². The highest BCUT2D eigenvalue weighted by molar-refractivity contribution is 6.62. The second-order valence-corrected chi connectivity index (χ2v) is 7.45. The Morgan fingerprint density at radius 2 is 1.80 bits per heavy atom. The van der Waals surface area contributed by atoms with Crippen LogP contribution in [0.1, 0.15) is 13.8 Å². The van der Waals surface area contributed by atoms with Crippen LogP contribution in [0.5, 0.6) is 5.75 Å². The zero-order valence-corrected chi connectivity index (χ0v) is 10.6. The molecule has 1 aromatic carbocycles. The normalized spacial score (nSPS) is 9.73. The highest BCUT2D eigenvalue weighted by Crippen LogP contribution is 2.12. The lowest BCUT2D eigenvalue weighted by molar-refractivity contribution is -0.131. The van der Waals surface area contributed by atoms with Gasteiger partial charge in [-0.1, -0.05) is 42.6 Å². The summed E-state index contributed by atoms with van der Waals surface area (Å²) in [6.45, 7) is 4.33. The van der Waals surface area contributed by atoms with Gasteiger partial charge < -0.3 is 4.74 Å². The molecule has 1 aromatic rings. The van der Waals surface area contributed by atoms with E-state index < -0.39 is 14.1 Å². The van der Waals surface area contributed by atoms with Crippen molar-refractivity contribution < 1.29 is 9.53 Å². The fourth-order valence-corrected chi connectivity index (χ4v) is 3.18. The minimum Gasteiger partial charge on any atom is -0.427 e. The molecule has 3 heteroatoms. The van der Waals surface area contributed by atoms with Crippen molar-refractivity contribution >= 4 is 20.1 Å². The lowest BCUT2D eigenvalue weighted by atomic mass is 10.3. The van der Waals surface area contributed by atoms with E-state index in [-0.39, 0.29) is 5.97 Å². The van der Waals surface area contributed by atoms with Crippen LogP contribution in [0.3, 0.4) is 0 Å². The van der Waals surface area contributed by atoms with Crippen LogP contribution in [0.2, 0.25) is 15.8 Å². The molecule has 0 aromatic heterocycles. The number of benzene rings is 1. The molecule has 80 valence electrons. The fourth-order valence-electron chi connectivity index (χ4n) is 1.47. The third kappa shape index (κ3) is 4.51. The Labute approximate surface area is 95.6 Å². The first kappa shape index (κ1) is 12.3. The monoisotopic (exact) mass is 220 g/mol. The summed E-state index contributed by atoms with van der Waals surface area (Å²) in [6, 6.07) is 9.28. The predicted octanol–water partition coefficient (Wildman–Crippen LogP) is 3.13. The van der Waals surface area contributed by atoms with Gasteiger partial charge in [-0.15, -0.1) is 0 Å². The van der Waals surface area contributed by atoms with Crippen LogP contribution in [-0.2, 0) is 4.79 Å². The Bertz CT molecular complexity index is 294. The first-order valence-electron chi connectivity index (χ1n) is 5.52. The SMILES string of the molecule is C[CH2][Al]([CH2]C)[CH2]C(=O)Oc1ccccc1. The molecular weight excluding hydrogens is 203 g/mol. The van der Waals surface area contributed by atoms with Crippen molar-refractivity contribution in [2.45, 2.75) is 29.7 Å². The first-order chi connectivity index (χ1) is 7.26. The van der Waals surface area contributed by atoms with Gasteiger partial charge in [-0.2, -0.15) is 0 Å². The molecule has 0 saturated heterocycles. The standard InChI is InChI=1S/C8H7O2.2C2H5.Al/c1-7(9)10-8-5-3-2-4-6-8;2*1-2;/h2-6H,1H2;2*1H2,2H3;. The van der Waals surface area contributed by atoms with Gasteiger partial charge >= 0.3 is 0 Å². The molecule has 0 heterocycles. The van der Waals surface area contributed by atoms with Crippen molar-refractivity contribution in [2.24, 2.45) is 0 Å². The summed E-state index contributed by atoms with van der Waals surface area (Å²) in [5.41, 5.74) is 0. The predicted molar refractivity (Wildman–Crippen MR) is 63.6 cm³/mol. The van der Waals surface area contributed by atoms with Crippen LogP contribution in [0, 0.1) is 0 Å². The van der Waals surface area contributed by atoms with E-state index in [1.165, 1.54) is 10.6 Å². The molecule has 0 saturated carbocycles. The summed E-state index contributed by atoms with van der Waals surface area (Å²) in [7, 11) is 0. The lowest BCUT2D eigenvalue weighted by Gasteiger charge is -2.06. The molecule has 0 aliphatic carbocycles. The van der Waals surface area contributed by atoms with Gasteiger partial charge in [0.05, 0.1) is 0 Å². The van der Waals surface area contributed by atoms with Crippen LogP contribution in [-0.4, -0.2) is 20.1 Å². The van der Waals surface area contributed by atoms with Crippen LogP contribution >= 0.6 is 0 Å². The van der Waals surface area contributed by atoms with E-state index in [0.29, 0.717) is 11.0 Å². The number of carbonyl (C=O) groups is 1. The van der Waals surface area contributed by atoms with E-state index in [9.17, 15) is 4.79 Å². The number of rotatable bonds is 5. The highest BCUT2D eigenvalue weighted by atomic mass is 27.2. The maximum Gasteiger partial charge on any atom is 0.297 e. The Morgan fingerprint density at radius 1 is 1.20 bits per heavy atom. The molecule has 0 fully saturated rings. The zero-order valence-electron chi connectivity index (χ0n) is 9.40. The molecule has 0 aliphatic heterocycles.